The topological polar surface area (TPSA) is 32.5 Å². The minimum absolute atomic E-state index is 0.511. The number of rotatable bonds is 2. The summed E-state index contributed by atoms with van der Waals surface area (Å²) in [5.74, 6) is 0. The number of aryl methyl sites for hydroxylation is 1. The molecule has 1 atom stereocenters. The number of likely N-dealkylation sites (N-methyl/N-ethyl adjacent to an activating group) is 2. The molecule has 1 heterocycles. The van der Waals surface area contributed by atoms with Crippen molar-refractivity contribution in [2.75, 3.05) is 37.0 Å². The number of hydrogen-bond donors (Lipinski definition) is 1. The summed E-state index contributed by atoms with van der Waals surface area (Å²) < 4.78 is 1.14. The first-order valence-corrected chi connectivity index (χ1v) is 6.78. The van der Waals surface area contributed by atoms with E-state index < -0.39 is 0 Å². The van der Waals surface area contributed by atoms with E-state index in [1.807, 2.05) is 0 Å². The first-order chi connectivity index (χ1) is 8.04. The van der Waals surface area contributed by atoms with Crippen LogP contribution in [0.2, 0.25) is 0 Å². The molecule has 1 aromatic carbocycles. The van der Waals surface area contributed by atoms with Gasteiger partial charge < -0.3 is 15.5 Å². The number of nitrogens with zero attached hydrogens (tertiary/aromatic N) is 2. The Bertz CT molecular complexity index is 419. The summed E-state index contributed by atoms with van der Waals surface area (Å²) in [4.78, 5) is 4.71. The van der Waals surface area contributed by atoms with Crippen LogP contribution in [0.1, 0.15) is 12.0 Å². The van der Waals surface area contributed by atoms with Crippen molar-refractivity contribution in [1.82, 2.24) is 0 Å². The molecule has 0 bridgehead atoms. The van der Waals surface area contributed by atoms with Gasteiger partial charge in [-0.1, -0.05) is 15.9 Å². The Morgan fingerprint density at radius 3 is 2.76 bits per heavy atom. The molecule has 17 heavy (non-hydrogen) atoms. The Kier molecular flexibility index (Phi) is 3.64. The van der Waals surface area contributed by atoms with Crippen molar-refractivity contribution in [2.24, 2.45) is 5.73 Å². The normalized spacial score (nSPS) is 19.5. The second-order valence-electron chi connectivity index (χ2n) is 4.81. The van der Waals surface area contributed by atoms with Gasteiger partial charge in [0.05, 0.1) is 11.4 Å². The predicted molar refractivity (Wildman–Crippen MR) is 78.0 cm³/mol. The van der Waals surface area contributed by atoms with Gasteiger partial charge in [-0.15, -0.1) is 0 Å². The zero-order valence-electron chi connectivity index (χ0n) is 10.7. The third-order valence-corrected chi connectivity index (χ3v) is 4.00. The molecule has 0 aromatic heterocycles. The lowest BCUT2D eigenvalue weighted by atomic mass is 10.0. The fourth-order valence-electron chi connectivity index (χ4n) is 2.66. The zero-order valence-corrected chi connectivity index (χ0v) is 12.3. The molecule has 4 heteroatoms. The monoisotopic (exact) mass is 297 g/mol. The summed E-state index contributed by atoms with van der Waals surface area (Å²) in [7, 11) is 4.33. The van der Waals surface area contributed by atoms with Gasteiger partial charge in [0.25, 0.3) is 0 Å². The summed E-state index contributed by atoms with van der Waals surface area (Å²) >= 11 is 3.57. The average molecular weight is 298 g/mol. The molecule has 0 fully saturated rings. The molecule has 1 aliphatic heterocycles. The number of benzene rings is 1. The van der Waals surface area contributed by atoms with Gasteiger partial charge in [0.15, 0.2) is 0 Å². The molecule has 1 aliphatic rings. The summed E-state index contributed by atoms with van der Waals surface area (Å²) in [5.41, 5.74) is 9.64. The molecule has 94 valence electrons. The zero-order chi connectivity index (χ0) is 12.6. The second kappa shape index (κ2) is 4.86. The number of nitrogens with two attached hydrogens (primary N) is 1. The molecule has 1 unspecified atom stereocenters. The van der Waals surface area contributed by atoms with E-state index in [2.05, 4.69) is 58.9 Å². The van der Waals surface area contributed by atoms with Gasteiger partial charge in [0, 0.05) is 31.2 Å². The van der Waals surface area contributed by atoms with Crippen molar-refractivity contribution in [3.8, 4) is 0 Å². The Hall–Kier alpha value is -0.740. The third kappa shape index (κ3) is 2.29. The number of halogens is 1. The van der Waals surface area contributed by atoms with Gasteiger partial charge in [-0.3, -0.25) is 0 Å². The van der Waals surface area contributed by atoms with Crippen LogP contribution in [0, 0.1) is 6.92 Å². The minimum atomic E-state index is 0.511. The molecule has 1 aromatic rings. The molecule has 3 nitrogen and oxygen atoms in total. The van der Waals surface area contributed by atoms with Crippen LogP contribution in [0.25, 0.3) is 0 Å². The summed E-state index contributed by atoms with van der Waals surface area (Å²) in [6, 6.07) is 4.88. The van der Waals surface area contributed by atoms with E-state index in [1.54, 1.807) is 0 Å². The number of anilines is 2. The van der Waals surface area contributed by atoms with Crippen LogP contribution in [-0.2, 0) is 0 Å². The maximum Gasteiger partial charge on any atom is 0.0635 e. The van der Waals surface area contributed by atoms with Gasteiger partial charge in [-0.2, -0.15) is 0 Å². The molecule has 0 saturated carbocycles. The minimum Gasteiger partial charge on any atom is -0.371 e. The van der Waals surface area contributed by atoms with E-state index >= 15 is 0 Å². The average Bonchev–Trinajstić information content (AvgIpc) is 2.25. The van der Waals surface area contributed by atoms with Crippen LogP contribution in [0.5, 0.6) is 0 Å². The number of fused-ring (bicyclic) bond motifs is 1. The Morgan fingerprint density at radius 1 is 1.41 bits per heavy atom. The molecular weight excluding hydrogens is 278 g/mol. The quantitative estimate of drug-likeness (QED) is 0.910. The number of hydrogen-bond acceptors (Lipinski definition) is 3. The van der Waals surface area contributed by atoms with Gasteiger partial charge in [0.2, 0.25) is 0 Å². The summed E-state index contributed by atoms with van der Waals surface area (Å²) in [6.45, 7) is 3.95. The fourth-order valence-corrected chi connectivity index (χ4v) is 3.22. The lowest BCUT2D eigenvalue weighted by Crippen LogP contribution is -2.47. The largest absolute Gasteiger partial charge is 0.371 e. The smallest absolute Gasteiger partial charge is 0.0635 e. The lowest BCUT2D eigenvalue weighted by molar-refractivity contribution is 0.566. The van der Waals surface area contributed by atoms with Gasteiger partial charge in [-0.25, -0.2) is 0 Å². The first kappa shape index (κ1) is 12.7. The standard InChI is InChI=1S/C13H20BrN3/c1-9-6-10(14)7-12-13(9)17(3)11(4-5-15)8-16(12)2/h6-7,11H,4-5,8,15H2,1-3H3. The Balaban J connectivity index is 2.45. The highest BCUT2D eigenvalue weighted by Gasteiger charge is 2.27. The van der Waals surface area contributed by atoms with Crippen LogP contribution in [0.4, 0.5) is 11.4 Å². The maximum absolute atomic E-state index is 5.70. The van der Waals surface area contributed by atoms with E-state index in [-0.39, 0.29) is 0 Å². The van der Waals surface area contributed by atoms with Gasteiger partial charge in [-0.05, 0) is 37.6 Å². The highest BCUT2D eigenvalue weighted by molar-refractivity contribution is 9.10. The van der Waals surface area contributed by atoms with E-state index in [4.69, 9.17) is 5.73 Å². The SMILES string of the molecule is Cc1cc(Br)cc2c1N(C)C(CCN)CN2C. The van der Waals surface area contributed by atoms with Crippen molar-refractivity contribution in [1.29, 1.82) is 0 Å². The van der Waals surface area contributed by atoms with Crippen LogP contribution in [-0.4, -0.2) is 33.2 Å². The van der Waals surface area contributed by atoms with Crippen LogP contribution < -0.4 is 15.5 Å². The molecule has 2 N–H and O–H groups in total. The van der Waals surface area contributed by atoms with Crippen LogP contribution in [0.3, 0.4) is 0 Å². The van der Waals surface area contributed by atoms with Gasteiger partial charge in [0.1, 0.15) is 0 Å². The maximum atomic E-state index is 5.70. The highest BCUT2D eigenvalue weighted by atomic mass is 79.9. The fraction of sp³-hybridized carbons (Fsp3) is 0.538. The molecule has 0 radical (unpaired) electrons. The van der Waals surface area contributed by atoms with Crippen molar-refractivity contribution >= 4 is 27.3 Å². The molecule has 0 aliphatic carbocycles. The Morgan fingerprint density at radius 2 is 2.12 bits per heavy atom. The molecule has 0 amide bonds. The van der Waals surface area contributed by atoms with E-state index in [0.29, 0.717) is 6.04 Å². The molecule has 2 rings (SSSR count). The van der Waals surface area contributed by atoms with Crippen molar-refractivity contribution < 1.29 is 0 Å². The van der Waals surface area contributed by atoms with E-state index in [9.17, 15) is 0 Å². The lowest BCUT2D eigenvalue weighted by Gasteiger charge is -2.42. The van der Waals surface area contributed by atoms with Crippen molar-refractivity contribution in [3.05, 3.63) is 22.2 Å². The summed E-state index contributed by atoms with van der Waals surface area (Å²) in [5, 5.41) is 0. The third-order valence-electron chi connectivity index (χ3n) is 3.54. The van der Waals surface area contributed by atoms with Crippen LogP contribution in [0.15, 0.2) is 16.6 Å². The highest BCUT2D eigenvalue weighted by Crippen LogP contribution is 2.39. The van der Waals surface area contributed by atoms with Crippen LogP contribution >= 0.6 is 15.9 Å². The molecule has 0 spiro atoms. The van der Waals surface area contributed by atoms with E-state index in [1.165, 1.54) is 16.9 Å². The van der Waals surface area contributed by atoms with E-state index in [0.717, 1.165) is 24.0 Å². The van der Waals surface area contributed by atoms with Crippen molar-refractivity contribution in [2.45, 2.75) is 19.4 Å². The predicted octanol–water partition coefficient (Wildman–Crippen LogP) is 2.36. The second-order valence-corrected chi connectivity index (χ2v) is 5.73. The van der Waals surface area contributed by atoms with Crippen molar-refractivity contribution in [3.63, 3.8) is 0 Å². The molecule has 0 saturated heterocycles. The van der Waals surface area contributed by atoms with Gasteiger partial charge >= 0.3 is 0 Å². The molecular formula is C13H20BrN3. The first-order valence-electron chi connectivity index (χ1n) is 5.98. The Labute approximate surface area is 112 Å². The summed E-state index contributed by atoms with van der Waals surface area (Å²) in [6.07, 6.45) is 1.04.